The van der Waals surface area contributed by atoms with E-state index in [0.29, 0.717) is 5.69 Å². The van der Waals surface area contributed by atoms with E-state index < -0.39 is 5.91 Å². The summed E-state index contributed by atoms with van der Waals surface area (Å²) in [5, 5.41) is 14.5. The van der Waals surface area contributed by atoms with Gasteiger partial charge in [-0.1, -0.05) is 0 Å². The molecule has 80 valence electrons. The summed E-state index contributed by atoms with van der Waals surface area (Å²) in [7, 11) is 1.59. The van der Waals surface area contributed by atoms with Gasteiger partial charge in [0.05, 0.1) is 18.9 Å². The summed E-state index contributed by atoms with van der Waals surface area (Å²) in [6.07, 6.45) is 1.22. The number of carbonyl (C=O) groups excluding carboxylic acids is 1. The van der Waals surface area contributed by atoms with Crippen LogP contribution in [0.4, 0.5) is 5.69 Å². The van der Waals surface area contributed by atoms with E-state index in [2.05, 4.69) is 20.5 Å². The van der Waals surface area contributed by atoms with E-state index >= 15 is 0 Å². The van der Waals surface area contributed by atoms with Crippen LogP contribution in [-0.2, 0) is 4.79 Å². The Labute approximate surface area is 91.4 Å². The van der Waals surface area contributed by atoms with E-state index in [4.69, 9.17) is 4.74 Å². The monoisotopic (exact) mass is 216 g/mol. The van der Waals surface area contributed by atoms with Crippen molar-refractivity contribution in [2.75, 3.05) is 7.11 Å². The van der Waals surface area contributed by atoms with E-state index in [1.165, 1.54) is 6.08 Å². The van der Waals surface area contributed by atoms with Crippen molar-refractivity contribution in [2.45, 2.75) is 0 Å². The lowest BCUT2D eigenvalue weighted by molar-refractivity contribution is -0.113. The molecule has 0 radical (unpaired) electrons. The molecule has 0 spiro atoms. The molecule has 1 amide bonds. The first kappa shape index (κ1) is 10.2. The standard InChI is InChI=1S/C10H8N4O2/c1-16-8-4-2-7(3-5-8)11-12-9-6-10(15)14-13-9/h2-6H,1H3. The molecule has 1 aliphatic rings. The maximum Gasteiger partial charge on any atom is 0.292 e. The summed E-state index contributed by atoms with van der Waals surface area (Å²) in [5.41, 5.74) is 0.649. The molecule has 6 nitrogen and oxygen atoms in total. The van der Waals surface area contributed by atoms with Crippen molar-refractivity contribution in [3.8, 4) is 5.75 Å². The highest BCUT2D eigenvalue weighted by molar-refractivity contribution is 5.90. The molecule has 0 aromatic heterocycles. The first-order valence-electron chi connectivity index (χ1n) is 4.51. The number of carbonyl (C=O) groups is 1. The van der Waals surface area contributed by atoms with E-state index in [1.54, 1.807) is 31.4 Å². The third-order valence-corrected chi connectivity index (χ3v) is 1.84. The van der Waals surface area contributed by atoms with Gasteiger partial charge < -0.3 is 4.74 Å². The second-order valence-electron chi connectivity index (χ2n) is 2.94. The number of rotatable bonds is 3. The van der Waals surface area contributed by atoms with Crippen LogP contribution in [0, 0.1) is 0 Å². The van der Waals surface area contributed by atoms with Gasteiger partial charge in [0, 0.05) is 0 Å². The van der Waals surface area contributed by atoms with Crippen molar-refractivity contribution >= 4 is 11.6 Å². The molecule has 0 N–H and O–H groups in total. The van der Waals surface area contributed by atoms with Gasteiger partial charge in [0.1, 0.15) is 5.75 Å². The minimum Gasteiger partial charge on any atom is -0.497 e. The molecule has 1 heterocycles. The lowest BCUT2D eigenvalue weighted by Crippen LogP contribution is -1.79. The van der Waals surface area contributed by atoms with Crippen LogP contribution in [0.3, 0.4) is 0 Å². The largest absolute Gasteiger partial charge is 0.497 e. The summed E-state index contributed by atoms with van der Waals surface area (Å²) >= 11 is 0. The third kappa shape index (κ3) is 2.35. The van der Waals surface area contributed by atoms with Gasteiger partial charge in [0.2, 0.25) is 5.82 Å². The normalized spacial score (nSPS) is 14.6. The van der Waals surface area contributed by atoms with Crippen LogP contribution in [0.5, 0.6) is 5.75 Å². The number of azo groups is 2. The van der Waals surface area contributed by atoms with E-state index in [1.807, 2.05) is 0 Å². The Bertz CT molecular complexity index is 488. The second-order valence-corrected chi connectivity index (χ2v) is 2.94. The SMILES string of the molecule is COc1ccc(N=NC2=CC(=O)N=N2)cc1. The Morgan fingerprint density at radius 3 is 2.44 bits per heavy atom. The maximum absolute atomic E-state index is 10.7. The van der Waals surface area contributed by atoms with Crippen molar-refractivity contribution in [2.24, 2.45) is 20.5 Å². The molecule has 1 aromatic carbocycles. The molecular formula is C10H8N4O2. The fourth-order valence-corrected chi connectivity index (χ4v) is 1.08. The number of hydrogen-bond acceptors (Lipinski definition) is 5. The van der Waals surface area contributed by atoms with Crippen molar-refractivity contribution in [1.82, 2.24) is 0 Å². The van der Waals surface area contributed by atoms with Crippen LogP contribution in [0.15, 0.2) is 56.6 Å². The number of amides is 1. The molecule has 0 aliphatic carbocycles. The number of ether oxygens (including phenoxy) is 1. The Balaban J connectivity index is 2.09. The minimum atomic E-state index is -0.413. The molecular weight excluding hydrogens is 208 g/mol. The zero-order chi connectivity index (χ0) is 11.4. The lowest BCUT2D eigenvalue weighted by Gasteiger charge is -1.97. The van der Waals surface area contributed by atoms with Gasteiger partial charge in [-0.05, 0) is 24.3 Å². The van der Waals surface area contributed by atoms with Gasteiger partial charge in [-0.15, -0.1) is 20.5 Å². The molecule has 0 fully saturated rings. The fourth-order valence-electron chi connectivity index (χ4n) is 1.08. The molecule has 1 aliphatic heterocycles. The van der Waals surface area contributed by atoms with E-state index in [9.17, 15) is 4.79 Å². The molecule has 16 heavy (non-hydrogen) atoms. The van der Waals surface area contributed by atoms with E-state index in [0.717, 1.165) is 5.75 Å². The van der Waals surface area contributed by atoms with Crippen LogP contribution in [0.25, 0.3) is 0 Å². The number of hydrogen-bond donors (Lipinski definition) is 0. The molecule has 0 saturated carbocycles. The average molecular weight is 216 g/mol. The van der Waals surface area contributed by atoms with Crippen LogP contribution < -0.4 is 4.74 Å². The summed E-state index contributed by atoms with van der Waals surface area (Å²) < 4.78 is 5.00. The molecule has 2 rings (SSSR count). The minimum absolute atomic E-state index is 0.209. The average Bonchev–Trinajstić information content (AvgIpc) is 2.73. The van der Waals surface area contributed by atoms with E-state index in [-0.39, 0.29) is 5.82 Å². The van der Waals surface area contributed by atoms with Crippen LogP contribution >= 0.6 is 0 Å². The summed E-state index contributed by atoms with van der Waals surface area (Å²) in [4.78, 5) is 10.7. The Morgan fingerprint density at radius 1 is 1.12 bits per heavy atom. The molecule has 0 unspecified atom stereocenters. The Hall–Kier alpha value is -2.37. The number of methoxy groups -OCH3 is 1. The quantitative estimate of drug-likeness (QED) is 0.728. The molecule has 0 saturated heterocycles. The number of nitrogens with zero attached hydrogens (tertiary/aromatic N) is 4. The van der Waals surface area contributed by atoms with Gasteiger partial charge in [0.25, 0.3) is 5.91 Å². The molecule has 0 atom stereocenters. The van der Waals surface area contributed by atoms with Crippen molar-refractivity contribution in [1.29, 1.82) is 0 Å². The zero-order valence-corrected chi connectivity index (χ0v) is 8.49. The first-order chi connectivity index (χ1) is 7.78. The first-order valence-corrected chi connectivity index (χ1v) is 4.51. The van der Waals surface area contributed by atoms with Gasteiger partial charge in [-0.2, -0.15) is 0 Å². The van der Waals surface area contributed by atoms with Crippen molar-refractivity contribution in [3.63, 3.8) is 0 Å². The lowest BCUT2D eigenvalue weighted by atomic mass is 10.3. The Morgan fingerprint density at radius 2 is 1.88 bits per heavy atom. The predicted octanol–water partition coefficient (Wildman–Crippen LogP) is 2.61. The smallest absolute Gasteiger partial charge is 0.292 e. The van der Waals surface area contributed by atoms with Gasteiger partial charge in [0.15, 0.2) is 0 Å². The highest BCUT2D eigenvalue weighted by atomic mass is 16.5. The Kier molecular flexibility index (Phi) is 2.81. The maximum atomic E-state index is 10.7. The van der Waals surface area contributed by atoms with Gasteiger partial charge in [-0.3, -0.25) is 4.79 Å². The molecule has 0 bridgehead atoms. The summed E-state index contributed by atoms with van der Waals surface area (Å²) in [6.45, 7) is 0. The topological polar surface area (TPSA) is 75.7 Å². The third-order valence-electron chi connectivity index (χ3n) is 1.84. The molecule has 6 heteroatoms. The van der Waals surface area contributed by atoms with Crippen LogP contribution in [0.1, 0.15) is 0 Å². The van der Waals surface area contributed by atoms with Crippen molar-refractivity contribution < 1.29 is 9.53 Å². The molecule has 1 aromatic rings. The fraction of sp³-hybridized carbons (Fsp3) is 0.100. The van der Waals surface area contributed by atoms with Gasteiger partial charge >= 0.3 is 0 Å². The second kappa shape index (κ2) is 4.43. The highest BCUT2D eigenvalue weighted by Crippen LogP contribution is 2.19. The van der Waals surface area contributed by atoms with Crippen LogP contribution in [-0.4, -0.2) is 13.0 Å². The zero-order valence-electron chi connectivity index (χ0n) is 8.49. The number of benzene rings is 1. The predicted molar refractivity (Wildman–Crippen MR) is 55.5 cm³/mol. The highest BCUT2D eigenvalue weighted by Gasteiger charge is 2.06. The van der Waals surface area contributed by atoms with Crippen molar-refractivity contribution in [3.05, 3.63) is 36.2 Å². The summed E-state index contributed by atoms with van der Waals surface area (Å²) in [6, 6.07) is 7.03. The van der Waals surface area contributed by atoms with Crippen LogP contribution in [0.2, 0.25) is 0 Å². The summed E-state index contributed by atoms with van der Waals surface area (Å²) in [5.74, 6) is 0.540. The van der Waals surface area contributed by atoms with Gasteiger partial charge in [-0.25, -0.2) is 0 Å².